The van der Waals surface area contributed by atoms with Crippen molar-refractivity contribution in [2.75, 3.05) is 42.3 Å². The van der Waals surface area contributed by atoms with Crippen molar-refractivity contribution in [1.82, 2.24) is 14.7 Å². The van der Waals surface area contributed by atoms with Gasteiger partial charge in [-0.25, -0.2) is 0 Å². The molecule has 0 spiro atoms. The van der Waals surface area contributed by atoms with E-state index in [0.717, 1.165) is 19.6 Å². The number of hydrogen-bond acceptors (Lipinski definition) is 6. The molecule has 0 aromatic heterocycles. The first-order chi connectivity index (χ1) is 17.3. The molecule has 1 heterocycles. The Bertz CT molecular complexity index is 998. The first-order valence-electron chi connectivity index (χ1n) is 11.9. The zero-order valence-electron chi connectivity index (χ0n) is 22.0. The molecule has 1 fully saturated rings. The molecular formula is C27H36N3O3Sb3. The molecule has 192 valence electrons. The molecule has 1 aliphatic rings. The first kappa shape index (κ1) is 28.9. The van der Waals surface area contributed by atoms with Crippen LogP contribution in [-0.2, 0) is 23.5 Å². The van der Waals surface area contributed by atoms with E-state index in [1.54, 1.807) is 0 Å². The molecule has 0 atom stereocenters. The van der Waals surface area contributed by atoms with Crippen LogP contribution in [0, 0.1) is 0 Å². The van der Waals surface area contributed by atoms with Crippen molar-refractivity contribution in [2.45, 2.75) is 19.6 Å². The van der Waals surface area contributed by atoms with Gasteiger partial charge in [0, 0.05) is 0 Å². The molecule has 36 heavy (non-hydrogen) atoms. The molecular weight excluding hydrogens is 780 g/mol. The van der Waals surface area contributed by atoms with Gasteiger partial charge in [-0.15, -0.1) is 0 Å². The zero-order chi connectivity index (χ0) is 25.7. The predicted molar refractivity (Wildman–Crippen MR) is 151 cm³/mol. The molecule has 3 aromatic carbocycles. The molecule has 6 nitrogen and oxygen atoms in total. The van der Waals surface area contributed by atoms with Crippen LogP contribution in [0.15, 0.2) is 72.8 Å². The third-order valence-corrected chi connectivity index (χ3v) is 32.2. The van der Waals surface area contributed by atoms with Gasteiger partial charge in [-0.05, 0) is 0 Å². The van der Waals surface area contributed by atoms with E-state index in [1.165, 1.54) is 27.2 Å². The molecule has 1 saturated heterocycles. The van der Waals surface area contributed by atoms with Crippen LogP contribution in [-0.4, -0.2) is 120 Å². The molecule has 0 amide bonds. The van der Waals surface area contributed by atoms with Gasteiger partial charge >= 0.3 is 244 Å². The summed E-state index contributed by atoms with van der Waals surface area (Å²) in [6, 6.07) is 26.2. The van der Waals surface area contributed by atoms with Crippen molar-refractivity contribution in [2.24, 2.45) is 0 Å². The fraction of sp³-hybridized carbons (Fsp3) is 0.333. The SMILES string of the molecule is CN(C)Cc1cccc[c]1[Sb]1[O][Sb]([c]2ccccc2CN(C)C)[O][Sb]([c]2ccccc2CN(C)C)[O]1. The molecule has 0 unspecified atom stereocenters. The average molecular weight is 816 g/mol. The van der Waals surface area contributed by atoms with Gasteiger partial charge in [0.05, 0.1) is 0 Å². The fourth-order valence-corrected chi connectivity index (χ4v) is 43.0. The maximum atomic E-state index is 7.00. The summed E-state index contributed by atoms with van der Waals surface area (Å²) in [6.45, 7) is 2.65. The Balaban J connectivity index is 1.76. The third kappa shape index (κ3) is 7.72. The van der Waals surface area contributed by atoms with Gasteiger partial charge in [0.2, 0.25) is 0 Å². The van der Waals surface area contributed by atoms with Crippen LogP contribution in [0.4, 0.5) is 0 Å². The second kappa shape index (κ2) is 13.8. The van der Waals surface area contributed by atoms with E-state index >= 15 is 0 Å². The number of hydrogen-bond donors (Lipinski definition) is 0. The normalized spacial score (nSPS) is 15.9. The van der Waals surface area contributed by atoms with Crippen molar-refractivity contribution in [3.8, 4) is 0 Å². The zero-order valence-corrected chi connectivity index (χ0v) is 29.6. The van der Waals surface area contributed by atoms with Crippen LogP contribution in [0.2, 0.25) is 0 Å². The van der Waals surface area contributed by atoms with E-state index in [0.29, 0.717) is 0 Å². The van der Waals surface area contributed by atoms with Crippen LogP contribution in [0.5, 0.6) is 0 Å². The van der Waals surface area contributed by atoms with Gasteiger partial charge < -0.3 is 0 Å². The van der Waals surface area contributed by atoms with Crippen molar-refractivity contribution in [3.63, 3.8) is 0 Å². The van der Waals surface area contributed by atoms with Crippen molar-refractivity contribution in [3.05, 3.63) is 89.5 Å². The summed E-state index contributed by atoms with van der Waals surface area (Å²) >= 11 is -8.19. The second-order valence-electron chi connectivity index (χ2n) is 9.62. The molecule has 1 aliphatic heterocycles. The summed E-state index contributed by atoms with van der Waals surface area (Å²) in [5.74, 6) is 0. The second-order valence-corrected chi connectivity index (χ2v) is 28.9. The van der Waals surface area contributed by atoms with Gasteiger partial charge in [0.25, 0.3) is 0 Å². The van der Waals surface area contributed by atoms with Crippen LogP contribution in [0.3, 0.4) is 0 Å². The Morgan fingerprint density at radius 1 is 0.444 bits per heavy atom. The van der Waals surface area contributed by atoms with Crippen LogP contribution < -0.4 is 10.5 Å². The minimum absolute atomic E-state index is 0.882. The molecule has 0 bridgehead atoms. The van der Waals surface area contributed by atoms with E-state index in [-0.39, 0.29) is 0 Å². The van der Waals surface area contributed by atoms with Crippen molar-refractivity contribution < 1.29 is 3.88 Å². The Labute approximate surface area is 241 Å². The van der Waals surface area contributed by atoms with E-state index < -0.39 is 63.2 Å². The Morgan fingerprint density at radius 2 is 0.694 bits per heavy atom. The Morgan fingerprint density at radius 3 is 0.944 bits per heavy atom. The summed E-state index contributed by atoms with van der Waals surface area (Å²) in [7, 11) is 12.7. The quantitative estimate of drug-likeness (QED) is 0.305. The van der Waals surface area contributed by atoms with Crippen LogP contribution in [0.25, 0.3) is 0 Å². The molecule has 9 heteroatoms. The van der Waals surface area contributed by atoms with E-state index in [9.17, 15) is 0 Å². The predicted octanol–water partition coefficient (Wildman–Crippen LogP) is 1.42. The maximum absolute atomic E-state index is 7.00. The summed E-state index contributed by atoms with van der Waals surface area (Å²) < 4.78 is 24.9. The molecule has 3 aromatic rings. The van der Waals surface area contributed by atoms with Gasteiger partial charge in [-0.2, -0.15) is 0 Å². The van der Waals surface area contributed by atoms with Crippen molar-refractivity contribution in [1.29, 1.82) is 0 Å². The van der Waals surface area contributed by atoms with Gasteiger partial charge in [-0.3, -0.25) is 0 Å². The molecule has 0 saturated carbocycles. The Kier molecular flexibility index (Phi) is 11.1. The monoisotopic (exact) mass is 813 g/mol. The summed E-state index contributed by atoms with van der Waals surface area (Å²) in [6.07, 6.45) is 0. The Hall–Kier alpha value is -0.125. The summed E-state index contributed by atoms with van der Waals surface area (Å²) in [5.41, 5.74) is 3.95. The molecule has 4 rings (SSSR count). The van der Waals surface area contributed by atoms with Gasteiger partial charge in [0.1, 0.15) is 0 Å². The number of benzene rings is 3. The summed E-state index contributed by atoms with van der Waals surface area (Å²) in [5, 5.41) is 0. The minimum atomic E-state index is -2.73. The van der Waals surface area contributed by atoms with Gasteiger partial charge in [0.15, 0.2) is 0 Å². The van der Waals surface area contributed by atoms with Crippen LogP contribution in [0.1, 0.15) is 16.7 Å². The third-order valence-electron chi connectivity index (χ3n) is 5.47. The first-order valence-corrected chi connectivity index (χ1v) is 22.0. The molecule has 0 aliphatic carbocycles. The van der Waals surface area contributed by atoms with Gasteiger partial charge in [-0.1, -0.05) is 0 Å². The average Bonchev–Trinajstić information content (AvgIpc) is 2.84. The standard InChI is InChI=1S/3C9H12N.3O.3Sb/c3*1-10(2)8-9-6-4-3-5-7-9;;;;;;/h3*3-6H,8H2,1-2H3;;;;;;. The number of nitrogens with zero attached hydrogens (tertiary/aromatic N) is 3. The topological polar surface area (TPSA) is 37.4 Å². The van der Waals surface area contributed by atoms with Crippen LogP contribution >= 0.6 is 0 Å². The fourth-order valence-electron chi connectivity index (χ4n) is 4.00. The van der Waals surface area contributed by atoms with E-state index in [1.807, 2.05) is 0 Å². The van der Waals surface area contributed by atoms with E-state index in [4.69, 9.17) is 3.88 Å². The molecule has 0 radical (unpaired) electrons. The van der Waals surface area contributed by atoms with Crippen molar-refractivity contribution >= 4 is 73.7 Å². The summed E-state index contributed by atoms with van der Waals surface area (Å²) in [4.78, 5) is 6.65. The van der Waals surface area contributed by atoms with E-state index in [2.05, 4.69) is 130 Å². The number of rotatable bonds is 9. The molecule has 0 N–H and O–H groups in total.